The van der Waals surface area contributed by atoms with Gasteiger partial charge in [-0.15, -0.1) is 23.2 Å². The van der Waals surface area contributed by atoms with Crippen LogP contribution in [0.3, 0.4) is 0 Å². The zero-order valence-electron chi connectivity index (χ0n) is 24.0. The number of aryl methyl sites for hydroxylation is 1. The van der Waals surface area contributed by atoms with Crippen LogP contribution in [0.15, 0.2) is 60.2 Å². The van der Waals surface area contributed by atoms with Gasteiger partial charge in [-0.1, -0.05) is 42.0 Å². The highest BCUT2D eigenvalue weighted by molar-refractivity contribution is 6.58. The van der Waals surface area contributed by atoms with Crippen LogP contribution in [-0.4, -0.2) is 38.5 Å². The third-order valence-electron chi connectivity index (χ3n) is 9.79. The first-order chi connectivity index (χ1) is 22.2. The molecule has 3 fully saturated rings. The average Bonchev–Trinajstić information content (AvgIpc) is 3.39. The number of fused-ring (bicyclic) bond motifs is 4. The average molecular weight is 691 g/mol. The van der Waals surface area contributed by atoms with Crippen LogP contribution in [-0.2, 0) is 19.2 Å². The molecule has 2 heterocycles. The molecule has 6 atom stereocenters. The van der Waals surface area contributed by atoms with Gasteiger partial charge in [-0.05, 0) is 55.0 Å². The minimum absolute atomic E-state index is 0.0176. The van der Waals surface area contributed by atoms with Crippen molar-refractivity contribution in [3.8, 4) is 5.75 Å². The van der Waals surface area contributed by atoms with Crippen LogP contribution in [0.25, 0.3) is 0 Å². The highest BCUT2D eigenvalue weighted by Gasteiger charge is 2.77. The number of imide groups is 2. The molecule has 14 heteroatoms. The first-order valence-corrected chi connectivity index (χ1v) is 15.1. The van der Waals surface area contributed by atoms with Gasteiger partial charge in [0.1, 0.15) is 11.4 Å². The Morgan fingerprint density at radius 2 is 1.40 bits per heavy atom. The number of benzene rings is 3. The summed E-state index contributed by atoms with van der Waals surface area (Å²) in [5, 5.41) is 10.2. The number of carbonyl (C=O) groups is 4. The second-order valence-corrected chi connectivity index (χ2v) is 13.3. The van der Waals surface area contributed by atoms with E-state index in [2.05, 4.69) is 0 Å². The Balaban J connectivity index is 1.44. The summed E-state index contributed by atoms with van der Waals surface area (Å²) in [6, 6.07) is 12.2. The minimum atomic E-state index is -2.63. The Kier molecular flexibility index (Phi) is 6.90. The number of phenolic OH excluding ortho intramolecular Hbond substituents is 1. The number of carbonyl (C=O) groups excluding carboxylic acids is 4. The molecule has 4 aliphatic rings. The van der Waals surface area contributed by atoms with Crippen molar-refractivity contribution < 1.29 is 46.2 Å². The summed E-state index contributed by atoms with van der Waals surface area (Å²) < 4.78 is 73.0. The Labute approximate surface area is 273 Å². The maximum absolute atomic E-state index is 15.1. The topological polar surface area (TPSA) is 95.0 Å². The fraction of sp³-hybridized carbons (Fsp3) is 0.273. The summed E-state index contributed by atoms with van der Waals surface area (Å²) in [6.45, 7) is 1.53. The number of phenols is 1. The van der Waals surface area contributed by atoms with Gasteiger partial charge in [0.25, 0.3) is 11.8 Å². The largest absolute Gasteiger partial charge is 0.508 e. The molecule has 7 rings (SSSR count). The normalized spacial score (nSPS) is 30.0. The lowest BCUT2D eigenvalue weighted by atomic mass is 9.56. The molecule has 3 aromatic carbocycles. The molecule has 4 amide bonds. The van der Waals surface area contributed by atoms with E-state index in [4.69, 9.17) is 23.2 Å². The highest BCUT2D eigenvalue weighted by Crippen LogP contribution is 2.66. The number of allylic oxidation sites excluding steroid dienone is 2. The van der Waals surface area contributed by atoms with Gasteiger partial charge in [0.2, 0.25) is 17.6 Å². The van der Waals surface area contributed by atoms with Crippen molar-refractivity contribution in [2.45, 2.75) is 35.4 Å². The van der Waals surface area contributed by atoms with E-state index in [1.54, 1.807) is 36.4 Å². The van der Waals surface area contributed by atoms with Gasteiger partial charge in [0.05, 0.1) is 17.5 Å². The maximum Gasteiger partial charge on any atom is 0.258 e. The number of aromatic hydroxyl groups is 1. The number of amides is 4. The molecule has 0 bridgehead atoms. The van der Waals surface area contributed by atoms with E-state index in [-0.39, 0.29) is 22.6 Å². The third-order valence-corrected chi connectivity index (χ3v) is 11.2. The first-order valence-electron chi connectivity index (χ1n) is 14.4. The van der Waals surface area contributed by atoms with Crippen LogP contribution in [0.5, 0.6) is 5.75 Å². The zero-order chi connectivity index (χ0) is 33.9. The predicted octanol–water partition coefficient (Wildman–Crippen LogP) is 6.16. The fourth-order valence-electron chi connectivity index (χ4n) is 7.63. The van der Waals surface area contributed by atoms with E-state index in [0.29, 0.717) is 16.8 Å². The van der Waals surface area contributed by atoms with Crippen LogP contribution in [0, 0.1) is 53.8 Å². The fourth-order valence-corrected chi connectivity index (χ4v) is 8.57. The molecule has 2 aliphatic heterocycles. The van der Waals surface area contributed by atoms with Crippen LogP contribution in [0.2, 0.25) is 0 Å². The smallest absolute Gasteiger partial charge is 0.258 e. The number of halogens is 7. The summed E-state index contributed by atoms with van der Waals surface area (Å²) in [6.07, 6.45) is 1.03. The number of alkyl halides is 2. The van der Waals surface area contributed by atoms with Gasteiger partial charge in [0, 0.05) is 5.92 Å². The summed E-state index contributed by atoms with van der Waals surface area (Å²) in [4.78, 5) is 51.7. The van der Waals surface area contributed by atoms with Gasteiger partial charge in [0.15, 0.2) is 33.0 Å². The molecule has 0 unspecified atom stereocenters. The molecular weight excluding hydrogens is 670 g/mol. The number of hydrogen-bond donors (Lipinski definition) is 1. The van der Waals surface area contributed by atoms with E-state index in [9.17, 15) is 37.5 Å². The summed E-state index contributed by atoms with van der Waals surface area (Å²) in [5.41, 5.74) is -0.721. The molecular formula is C33H21Cl2F5N2O5. The Hall–Kier alpha value is -4.29. The van der Waals surface area contributed by atoms with Gasteiger partial charge in [-0.2, -0.15) is 0 Å². The van der Waals surface area contributed by atoms with E-state index >= 15 is 8.78 Å². The van der Waals surface area contributed by atoms with Crippen molar-refractivity contribution in [2.24, 2.45) is 17.8 Å². The second kappa shape index (κ2) is 10.4. The van der Waals surface area contributed by atoms with Crippen molar-refractivity contribution in [2.75, 3.05) is 9.80 Å². The van der Waals surface area contributed by atoms with E-state index in [0.717, 1.165) is 4.90 Å². The Morgan fingerprint density at radius 1 is 0.787 bits per heavy atom. The Morgan fingerprint density at radius 3 is 2.02 bits per heavy atom. The van der Waals surface area contributed by atoms with Gasteiger partial charge in [-0.25, -0.2) is 26.9 Å². The molecule has 0 radical (unpaired) electrons. The molecule has 0 aromatic heterocycles. The maximum atomic E-state index is 15.1. The van der Waals surface area contributed by atoms with Crippen molar-refractivity contribution >= 4 is 58.2 Å². The van der Waals surface area contributed by atoms with Crippen molar-refractivity contribution in [1.29, 1.82) is 0 Å². The first kappa shape index (κ1) is 31.3. The summed E-state index contributed by atoms with van der Waals surface area (Å²) in [5.74, 6) is -21.1. The molecule has 1 N–H and O–H groups in total. The lowest BCUT2D eigenvalue weighted by Crippen LogP contribution is -2.60. The number of hydrogen-bond acceptors (Lipinski definition) is 5. The number of anilines is 2. The van der Waals surface area contributed by atoms with Gasteiger partial charge in [-0.3, -0.25) is 24.1 Å². The molecule has 1 saturated carbocycles. The second-order valence-electron chi connectivity index (χ2n) is 12.1. The molecule has 2 saturated heterocycles. The summed E-state index contributed by atoms with van der Waals surface area (Å²) >= 11 is 14.2. The number of para-hydroxylation sites is 1. The van der Waals surface area contributed by atoms with Crippen LogP contribution in [0.1, 0.15) is 29.9 Å². The van der Waals surface area contributed by atoms with E-state index in [1.165, 1.54) is 25.1 Å². The van der Waals surface area contributed by atoms with E-state index < -0.39 is 98.2 Å². The quantitative estimate of drug-likeness (QED) is 0.0887. The standard InChI is InChI=1S/C33H21Cl2F5N2O5/c1-13-11-14(7-10-19(13)43)21-16-8-9-17-20(29(45)41(28(17)44)15-5-3-2-4-6-15)18(16)12-32(34)30(46)42(31(47)33(21,32)35)27-25(39)23(37)22(36)24(38)26(27)40/h2-8,10-11,17-18,20-21,43H,9,12H2,1H3/t17-,18+,20-,21-,32+,33-/m0/s1. The highest BCUT2D eigenvalue weighted by atomic mass is 35.5. The summed E-state index contributed by atoms with van der Waals surface area (Å²) in [7, 11) is 0. The number of rotatable bonds is 3. The van der Waals surface area contributed by atoms with Crippen LogP contribution >= 0.6 is 23.2 Å². The molecule has 7 nitrogen and oxygen atoms in total. The van der Waals surface area contributed by atoms with Crippen LogP contribution in [0.4, 0.5) is 33.3 Å². The molecule has 3 aromatic rings. The third kappa shape index (κ3) is 3.91. The zero-order valence-corrected chi connectivity index (χ0v) is 25.6. The van der Waals surface area contributed by atoms with Crippen molar-refractivity contribution in [3.63, 3.8) is 0 Å². The molecule has 0 spiro atoms. The lowest BCUT2D eigenvalue weighted by Gasteiger charge is -2.50. The molecule has 47 heavy (non-hydrogen) atoms. The van der Waals surface area contributed by atoms with Gasteiger partial charge < -0.3 is 5.11 Å². The SMILES string of the molecule is Cc1cc([C@H]2C3=CC[C@@H]4C(=O)N(c5ccccc5)C(=O)[C@@H]4[C@@H]3C[C@@]3(Cl)C(=O)N(c4c(F)c(F)c(F)c(F)c4F)C(=O)[C@@]23Cl)ccc1O. The van der Waals surface area contributed by atoms with E-state index in [1.807, 2.05) is 0 Å². The molecule has 242 valence electrons. The lowest BCUT2D eigenvalue weighted by molar-refractivity contribution is -0.125. The minimum Gasteiger partial charge on any atom is -0.508 e. The molecule has 2 aliphatic carbocycles. The monoisotopic (exact) mass is 690 g/mol. The number of nitrogens with zero attached hydrogens (tertiary/aromatic N) is 2. The Bertz CT molecular complexity index is 1960. The van der Waals surface area contributed by atoms with Crippen LogP contribution < -0.4 is 9.80 Å². The van der Waals surface area contributed by atoms with Gasteiger partial charge >= 0.3 is 0 Å². The van der Waals surface area contributed by atoms with Crippen molar-refractivity contribution in [1.82, 2.24) is 0 Å². The van der Waals surface area contributed by atoms with Crippen molar-refractivity contribution in [3.05, 3.63) is 100 Å². The predicted molar refractivity (Wildman–Crippen MR) is 158 cm³/mol.